The van der Waals surface area contributed by atoms with Gasteiger partial charge in [0.05, 0.1) is 12.0 Å². The molecule has 0 radical (unpaired) electrons. The van der Waals surface area contributed by atoms with E-state index in [1.54, 1.807) is 0 Å². The second kappa shape index (κ2) is 7.79. The molecule has 4 unspecified atom stereocenters. The molecular formula is C15H27F3N2O. The highest BCUT2D eigenvalue weighted by Gasteiger charge is 2.43. The molecule has 0 bridgehead atoms. The summed E-state index contributed by atoms with van der Waals surface area (Å²) in [6.07, 6.45) is 3.31. The first-order valence-corrected chi connectivity index (χ1v) is 8.15. The SMILES string of the molecule is NNC(CCCC1CCCO1)C1CCCC(C(F)(F)F)C1. The Morgan fingerprint density at radius 2 is 2.00 bits per heavy atom. The van der Waals surface area contributed by atoms with Gasteiger partial charge in [-0.15, -0.1) is 0 Å². The highest BCUT2D eigenvalue weighted by atomic mass is 19.4. The smallest absolute Gasteiger partial charge is 0.378 e. The van der Waals surface area contributed by atoms with Crippen molar-refractivity contribution in [2.45, 2.75) is 76.1 Å². The van der Waals surface area contributed by atoms with Crippen LogP contribution in [-0.4, -0.2) is 24.9 Å². The van der Waals surface area contributed by atoms with E-state index in [-0.39, 0.29) is 24.8 Å². The van der Waals surface area contributed by atoms with Gasteiger partial charge in [0.15, 0.2) is 0 Å². The standard InChI is InChI=1S/C15H27F3N2O/c16-15(17,18)12-5-1-4-11(10-12)14(20-19)8-2-6-13-7-3-9-21-13/h11-14,20H,1-10,19H2. The molecule has 124 valence electrons. The minimum absolute atomic E-state index is 0.00319. The van der Waals surface area contributed by atoms with Crippen molar-refractivity contribution in [3.63, 3.8) is 0 Å². The van der Waals surface area contributed by atoms with Crippen molar-refractivity contribution < 1.29 is 17.9 Å². The maximum atomic E-state index is 12.9. The third kappa shape index (κ3) is 5.11. The largest absolute Gasteiger partial charge is 0.391 e. The zero-order valence-corrected chi connectivity index (χ0v) is 12.5. The Balaban J connectivity index is 1.76. The lowest BCUT2D eigenvalue weighted by atomic mass is 9.76. The van der Waals surface area contributed by atoms with Crippen LogP contribution < -0.4 is 11.3 Å². The van der Waals surface area contributed by atoms with Crippen LogP contribution in [0.4, 0.5) is 13.2 Å². The van der Waals surface area contributed by atoms with E-state index in [0.717, 1.165) is 45.1 Å². The number of nitrogens with one attached hydrogen (secondary N) is 1. The second-order valence-electron chi connectivity index (χ2n) is 6.50. The van der Waals surface area contributed by atoms with Crippen LogP contribution in [0.1, 0.15) is 57.8 Å². The van der Waals surface area contributed by atoms with E-state index in [1.165, 1.54) is 0 Å². The van der Waals surface area contributed by atoms with Gasteiger partial charge in [-0.2, -0.15) is 13.2 Å². The number of alkyl halides is 3. The van der Waals surface area contributed by atoms with Gasteiger partial charge in [0.2, 0.25) is 0 Å². The average molecular weight is 308 g/mol. The molecule has 0 amide bonds. The molecule has 2 rings (SSSR count). The van der Waals surface area contributed by atoms with E-state index in [2.05, 4.69) is 5.43 Å². The van der Waals surface area contributed by atoms with Gasteiger partial charge in [-0.25, -0.2) is 0 Å². The number of halogens is 3. The number of hydrogen-bond donors (Lipinski definition) is 2. The van der Waals surface area contributed by atoms with Gasteiger partial charge in [-0.3, -0.25) is 11.3 Å². The first-order valence-electron chi connectivity index (χ1n) is 8.15. The Bertz CT molecular complexity index is 306. The normalized spacial score (nSPS) is 32.3. The quantitative estimate of drug-likeness (QED) is 0.583. The number of rotatable bonds is 6. The second-order valence-corrected chi connectivity index (χ2v) is 6.50. The van der Waals surface area contributed by atoms with Crippen LogP contribution in [-0.2, 0) is 4.74 Å². The predicted octanol–water partition coefficient (Wildman–Crippen LogP) is 3.54. The molecule has 21 heavy (non-hydrogen) atoms. The van der Waals surface area contributed by atoms with Crippen molar-refractivity contribution in [1.82, 2.24) is 5.43 Å². The third-order valence-corrected chi connectivity index (χ3v) is 5.03. The summed E-state index contributed by atoms with van der Waals surface area (Å²) >= 11 is 0. The van der Waals surface area contributed by atoms with Crippen LogP contribution in [0.5, 0.6) is 0 Å². The summed E-state index contributed by atoms with van der Waals surface area (Å²) in [5, 5.41) is 0. The number of nitrogens with two attached hydrogens (primary N) is 1. The minimum Gasteiger partial charge on any atom is -0.378 e. The monoisotopic (exact) mass is 308 g/mol. The first-order chi connectivity index (χ1) is 10.0. The van der Waals surface area contributed by atoms with Crippen molar-refractivity contribution in [2.75, 3.05) is 6.61 Å². The summed E-state index contributed by atoms with van der Waals surface area (Å²) < 4.78 is 44.2. The van der Waals surface area contributed by atoms with E-state index in [4.69, 9.17) is 10.6 Å². The predicted molar refractivity (Wildman–Crippen MR) is 75.4 cm³/mol. The fourth-order valence-corrected chi connectivity index (χ4v) is 3.78. The minimum atomic E-state index is -4.06. The number of hydrazine groups is 1. The fourth-order valence-electron chi connectivity index (χ4n) is 3.78. The van der Waals surface area contributed by atoms with Crippen molar-refractivity contribution in [1.29, 1.82) is 0 Å². The Hall–Kier alpha value is -0.330. The molecule has 1 heterocycles. The molecule has 1 aliphatic carbocycles. The van der Waals surface area contributed by atoms with Crippen molar-refractivity contribution >= 4 is 0 Å². The van der Waals surface area contributed by atoms with Gasteiger partial charge in [0, 0.05) is 12.6 Å². The molecule has 3 nitrogen and oxygen atoms in total. The van der Waals surface area contributed by atoms with Crippen LogP contribution in [0.2, 0.25) is 0 Å². The highest BCUT2D eigenvalue weighted by molar-refractivity contribution is 4.84. The zero-order valence-electron chi connectivity index (χ0n) is 12.5. The summed E-state index contributed by atoms with van der Waals surface area (Å²) in [5.74, 6) is 4.48. The maximum absolute atomic E-state index is 12.9. The van der Waals surface area contributed by atoms with E-state index >= 15 is 0 Å². The number of ether oxygens (including phenoxy) is 1. The molecule has 0 spiro atoms. The highest BCUT2D eigenvalue weighted by Crippen LogP contribution is 2.41. The molecule has 6 heteroatoms. The topological polar surface area (TPSA) is 47.3 Å². The Labute approximate surface area is 124 Å². The van der Waals surface area contributed by atoms with Crippen LogP contribution in [0.25, 0.3) is 0 Å². The van der Waals surface area contributed by atoms with E-state index in [1.807, 2.05) is 0 Å². The third-order valence-electron chi connectivity index (χ3n) is 5.03. The molecule has 1 saturated carbocycles. The van der Waals surface area contributed by atoms with Gasteiger partial charge in [0.25, 0.3) is 0 Å². The Morgan fingerprint density at radius 3 is 2.62 bits per heavy atom. The lowest BCUT2D eigenvalue weighted by Crippen LogP contribution is -2.44. The summed E-state index contributed by atoms with van der Waals surface area (Å²) in [6.45, 7) is 0.846. The molecule has 2 fully saturated rings. The van der Waals surface area contributed by atoms with E-state index in [9.17, 15) is 13.2 Å². The van der Waals surface area contributed by atoms with Crippen molar-refractivity contribution in [3.8, 4) is 0 Å². The maximum Gasteiger partial charge on any atom is 0.391 e. The molecule has 0 aromatic heterocycles. The molecule has 4 atom stereocenters. The lowest BCUT2D eigenvalue weighted by molar-refractivity contribution is -0.186. The summed E-state index contributed by atoms with van der Waals surface area (Å²) in [5.41, 5.74) is 2.76. The van der Waals surface area contributed by atoms with Gasteiger partial charge in [-0.1, -0.05) is 6.42 Å². The number of hydrogen-bond acceptors (Lipinski definition) is 3. The molecule has 0 aromatic rings. The summed E-state index contributed by atoms with van der Waals surface area (Å²) in [6, 6.07) is -0.00319. The molecular weight excluding hydrogens is 281 g/mol. The van der Waals surface area contributed by atoms with Crippen molar-refractivity contribution in [3.05, 3.63) is 0 Å². The molecule has 2 aliphatic rings. The van der Waals surface area contributed by atoms with Gasteiger partial charge >= 0.3 is 6.18 Å². The zero-order chi connectivity index (χ0) is 15.3. The van der Waals surface area contributed by atoms with Crippen LogP contribution in [0.3, 0.4) is 0 Å². The molecule has 3 N–H and O–H groups in total. The first kappa shape index (κ1) is 17.0. The van der Waals surface area contributed by atoms with Crippen molar-refractivity contribution in [2.24, 2.45) is 17.7 Å². The molecule has 1 aliphatic heterocycles. The molecule has 0 aromatic carbocycles. The van der Waals surface area contributed by atoms with Gasteiger partial charge < -0.3 is 4.74 Å². The van der Waals surface area contributed by atoms with Crippen LogP contribution >= 0.6 is 0 Å². The lowest BCUT2D eigenvalue weighted by Gasteiger charge is -2.35. The van der Waals surface area contributed by atoms with Gasteiger partial charge in [0.1, 0.15) is 0 Å². The van der Waals surface area contributed by atoms with E-state index < -0.39 is 12.1 Å². The van der Waals surface area contributed by atoms with E-state index in [0.29, 0.717) is 12.5 Å². The van der Waals surface area contributed by atoms with Crippen LogP contribution in [0.15, 0.2) is 0 Å². The summed E-state index contributed by atoms with van der Waals surface area (Å²) in [4.78, 5) is 0. The Kier molecular flexibility index (Phi) is 6.32. The Morgan fingerprint density at radius 1 is 1.19 bits per heavy atom. The fraction of sp³-hybridized carbons (Fsp3) is 1.00. The van der Waals surface area contributed by atoms with Gasteiger partial charge in [-0.05, 0) is 57.3 Å². The summed E-state index contributed by atoms with van der Waals surface area (Å²) in [7, 11) is 0. The average Bonchev–Trinajstić information content (AvgIpc) is 2.96. The molecule has 1 saturated heterocycles. The van der Waals surface area contributed by atoms with Crippen LogP contribution in [0, 0.1) is 11.8 Å².